The molecule has 2 aromatic carbocycles. The average molecular weight is 448 g/mol. The van der Waals surface area contributed by atoms with Crippen molar-refractivity contribution in [1.29, 1.82) is 0 Å². The molecule has 1 aliphatic rings. The van der Waals surface area contributed by atoms with E-state index >= 15 is 0 Å². The van der Waals surface area contributed by atoms with E-state index in [0.29, 0.717) is 18.5 Å². The summed E-state index contributed by atoms with van der Waals surface area (Å²) in [6.07, 6.45) is -4.14. The monoisotopic (exact) mass is 447 g/mol. The maximum Gasteiger partial charge on any atom is 0.416 e. The number of alkyl halides is 3. The first-order valence-corrected chi connectivity index (χ1v) is 10.5. The fraction of sp³-hybridized carbons (Fsp3) is 0.417. The van der Waals surface area contributed by atoms with Crippen LogP contribution in [0.5, 0.6) is 0 Å². The maximum atomic E-state index is 12.8. The van der Waals surface area contributed by atoms with E-state index < -0.39 is 11.7 Å². The number of carbonyl (C=O) groups is 1. The van der Waals surface area contributed by atoms with Gasteiger partial charge >= 0.3 is 6.18 Å². The summed E-state index contributed by atoms with van der Waals surface area (Å²) in [5.41, 5.74) is 2.77. The van der Waals surface area contributed by atoms with Crippen LogP contribution in [0.15, 0.2) is 53.7 Å². The zero-order valence-electron chi connectivity index (χ0n) is 18.7. The van der Waals surface area contributed by atoms with Gasteiger partial charge in [0.15, 0.2) is 6.10 Å². The van der Waals surface area contributed by atoms with Gasteiger partial charge in [-0.25, -0.2) is 0 Å². The Morgan fingerprint density at radius 1 is 1.09 bits per heavy atom. The third kappa shape index (κ3) is 5.81. The maximum absolute atomic E-state index is 12.8. The summed E-state index contributed by atoms with van der Waals surface area (Å²) in [5, 5.41) is 4.20. The topological polar surface area (TPSA) is 45.1 Å². The number of nitrogens with zero attached hydrogens (tertiary/aromatic N) is 3. The minimum atomic E-state index is -4.39. The number of benzene rings is 2. The van der Waals surface area contributed by atoms with Crippen molar-refractivity contribution in [3.05, 3.63) is 65.2 Å². The minimum absolute atomic E-state index is 0.0858. The first-order chi connectivity index (χ1) is 15.0. The van der Waals surface area contributed by atoms with Crippen molar-refractivity contribution < 1.29 is 22.8 Å². The molecule has 8 heteroatoms. The summed E-state index contributed by atoms with van der Waals surface area (Å²) in [6.45, 7) is 4.11. The normalized spacial score (nSPS) is 16.0. The first kappa shape index (κ1) is 23.6. The van der Waals surface area contributed by atoms with Crippen LogP contribution in [0.3, 0.4) is 0 Å². The molecule has 2 aromatic rings. The second-order valence-electron chi connectivity index (χ2n) is 8.48. The molecule has 1 heterocycles. The quantitative estimate of drug-likeness (QED) is 0.603. The van der Waals surface area contributed by atoms with Gasteiger partial charge in [0.1, 0.15) is 0 Å². The molecule has 0 saturated heterocycles. The zero-order valence-corrected chi connectivity index (χ0v) is 18.7. The number of carbonyl (C=O) groups excluding carboxylic acids is 1. The summed E-state index contributed by atoms with van der Waals surface area (Å²) in [5.74, 6) is -0.331. The fourth-order valence-corrected chi connectivity index (χ4v) is 3.51. The SMILES string of the molecule is CC(C)C(=O)N(Cc1ccc(C(F)(F)F)cc1)C[C@@H]1CC(c2ccc(N(C)C)cc2)=NO1. The largest absolute Gasteiger partial charge is 0.416 e. The summed E-state index contributed by atoms with van der Waals surface area (Å²) in [7, 11) is 3.94. The van der Waals surface area contributed by atoms with Crippen molar-refractivity contribution in [3.63, 3.8) is 0 Å². The molecule has 0 aliphatic carbocycles. The Morgan fingerprint density at radius 2 is 1.72 bits per heavy atom. The molecular formula is C24H28F3N3O2. The molecule has 0 unspecified atom stereocenters. The number of hydrogen-bond acceptors (Lipinski definition) is 4. The van der Waals surface area contributed by atoms with Crippen LogP contribution in [0.25, 0.3) is 0 Å². The summed E-state index contributed by atoms with van der Waals surface area (Å²) >= 11 is 0. The van der Waals surface area contributed by atoms with Crippen molar-refractivity contribution in [2.75, 3.05) is 25.5 Å². The van der Waals surface area contributed by atoms with Gasteiger partial charge in [0.05, 0.1) is 17.8 Å². The average Bonchev–Trinajstić information content (AvgIpc) is 3.21. The van der Waals surface area contributed by atoms with Gasteiger partial charge in [0.25, 0.3) is 0 Å². The Kier molecular flexibility index (Phi) is 7.11. The Balaban J connectivity index is 1.67. The summed E-state index contributed by atoms with van der Waals surface area (Å²) in [6, 6.07) is 12.9. The highest BCUT2D eigenvalue weighted by atomic mass is 19.4. The zero-order chi connectivity index (χ0) is 23.5. The lowest BCUT2D eigenvalue weighted by Gasteiger charge is -2.26. The van der Waals surface area contributed by atoms with E-state index in [1.165, 1.54) is 12.1 Å². The molecule has 1 atom stereocenters. The summed E-state index contributed by atoms with van der Waals surface area (Å²) in [4.78, 5) is 22.0. The molecule has 32 heavy (non-hydrogen) atoms. The molecule has 0 fully saturated rings. The van der Waals surface area contributed by atoms with Gasteiger partial charge in [0.2, 0.25) is 5.91 Å². The molecule has 0 N–H and O–H groups in total. The highest BCUT2D eigenvalue weighted by Gasteiger charge is 2.31. The van der Waals surface area contributed by atoms with Crippen LogP contribution in [-0.4, -0.2) is 43.3 Å². The molecule has 0 bridgehead atoms. The third-order valence-electron chi connectivity index (χ3n) is 5.33. The third-order valence-corrected chi connectivity index (χ3v) is 5.33. The fourth-order valence-electron chi connectivity index (χ4n) is 3.51. The molecule has 172 valence electrons. The van der Waals surface area contributed by atoms with Gasteiger partial charge in [0, 0.05) is 38.7 Å². The van der Waals surface area contributed by atoms with Gasteiger partial charge in [-0.2, -0.15) is 13.2 Å². The number of hydrogen-bond donors (Lipinski definition) is 0. The molecule has 0 aromatic heterocycles. The molecular weight excluding hydrogens is 419 g/mol. The molecule has 3 rings (SSSR count). The van der Waals surface area contributed by atoms with Crippen molar-refractivity contribution in [2.24, 2.45) is 11.1 Å². The predicted molar refractivity (Wildman–Crippen MR) is 118 cm³/mol. The number of anilines is 1. The van der Waals surface area contributed by atoms with Crippen molar-refractivity contribution in [1.82, 2.24) is 4.90 Å². The van der Waals surface area contributed by atoms with Gasteiger partial charge < -0.3 is 14.6 Å². The number of halogens is 3. The Labute approximate surface area is 186 Å². The minimum Gasteiger partial charge on any atom is -0.390 e. The first-order valence-electron chi connectivity index (χ1n) is 10.5. The Bertz CT molecular complexity index is 952. The van der Waals surface area contributed by atoms with E-state index in [-0.39, 0.29) is 24.5 Å². The molecule has 1 aliphatic heterocycles. The van der Waals surface area contributed by atoms with Crippen LogP contribution < -0.4 is 4.90 Å². The number of rotatable bonds is 7. The van der Waals surface area contributed by atoms with E-state index in [4.69, 9.17) is 4.84 Å². The summed E-state index contributed by atoms with van der Waals surface area (Å²) < 4.78 is 38.5. The van der Waals surface area contributed by atoms with Crippen molar-refractivity contribution in [3.8, 4) is 0 Å². The lowest BCUT2D eigenvalue weighted by Crippen LogP contribution is -2.39. The number of oxime groups is 1. The van der Waals surface area contributed by atoms with Crippen LogP contribution in [0.4, 0.5) is 18.9 Å². The van der Waals surface area contributed by atoms with Crippen LogP contribution in [-0.2, 0) is 22.4 Å². The van der Waals surface area contributed by atoms with Gasteiger partial charge in [-0.1, -0.05) is 43.3 Å². The van der Waals surface area contributed by atoms with Gasteiger partial charge in [-0.05, 0) is 35.4 Å². The molecule has 0 saturated carbocycles. The second kappa shape index (κ2) is 9.63. The van der Waals surface area contributed by atoms with Crippen LogP contribution in [0.2, 0.25) is 0 Å². The van der Waals surface area contributed by atoms with E-state index in [0.717, 1.165) is 29.1 Å². The van der Waals surface area contributed by atoms with Gasteiger partial charge in [-0.15, -0.1) is 0 Å². The van der Waals surface area contributed by atoms with Crippen molar-refractivity contribution in [2.45, 2.75) is 39.1 Å². The van der Waals surface area contributed by atoms with E-state index in [2.05, 4.69) is 5.16 Å². The Morgan fingerprint density at radius 3 is 2.25 bits per heavy atom. The van der Waals surface area contributed by atoms with E-state index in [1.807, 2.05) is 43.3 Å². The molecule has 1 amide bonds. The lowest BCUT2D eigenvalue weighted by atomic mass is 10.0. The molecule has 0 spiro atoms. The van der Waals surface area contributed by atoms with E-state index in [1.54, 1.807) is 18.7 Å². The highest BCUT2D eigenvalue weighted by Crippen LogP contribution is 2.29. The van der Waals surface area contributed by atoms with Crippen LogP contribution >= 0.6 is 0 Å². The second-order valence-corrected chi connectivity index (χ2v) is 8.48. The predicted octanol–water partition coefficient (Wildman–Crippen LogP) is 4.95. The van der Waals surface area contributed by atoms with Crippen LogP contribution in [0, 0.1) is 5.92 Å². The Hall–Kier alpha value is -3.03. The van der Waals surface area contributed by atoms with Gasteiger partial charge in [-0.3, -0.25) is 4.79 Å². The van der Waals surface area contributed by atoms with Crippen molar-refractivity contribution >= 4 is 17.3 Å². The molecule has 5 nitrogen and oxygen atoms in total. The van der Waals surface area contributed by atoms with E-state index in [9.17, 15) is 18.0 Å². The lowest BCUT2D eigenvalue weighted by molar-refractivity contribution is -0.138. The molecule has 0 radical (unpaired) electrons. The highest BCUT2D eigenvalue weighted by molar-refractivity contribution is 6.01. The van der Waals surface area contributed by atoms with Crippen LogP contribution in [0.1, 0.15) is 37.0 Å². The number of amides is 1. The smallest absolute Gasteiger partial charge is 0.390 e. The standard InChI is InChI=1S/C24H28F3N3O2/c1-16(2)23(31)30(14-17-5-9-19(10-6-17)24(25,26)27)15-21-13-22(28-32-21)18-7-11-20(12-8-18)29(3)4/h5-12,16,21H,13-15H2,1-4H3/t21-/m0/s1.